The Morgan fingerprint density at radius 2 is 1.26 bits per heavy atom. The lowest BCUT2D eigenvalue weighted by Gasteiger charge is -2.05. The molecule has 0 bridgehead atoms. The van der Waals surface area contributed by atoms with Crippen molar-refractivity contribution >= 4 is 17.6 Å². The molecule has 1 aromatic carbocycles. The molecule has 1 amide bonds. The van der Waals surface area contributed by atoms with Gasteiger partial charge in [-0.15, -0.1) is 0 Å². The Morgan fingerprint density at radius 3 is 1.76 bits per heavy atom. The minimum Gasteiger partial charge on any atom is -0.481 e. The summed E-state index contributed by atoms with van der Waals surface area (Å²) in [6.07, 6.45) is 32.7. The highest BCUT2D eigenvalue weighted by atomic mass is 16.4. The smallest absolute Gasteiger partial charge is 0.307 e. The molecule has 0 aliphatic carbocycles. The van der Waals surface area contributed by atoms with E-state index in [1.165, 1.54) is 0 Å². The Balaban J connectivity index is 2.08. The fraction of sp³-hybridized carbons (Fsp3) is 0.333. The van der Waals surface area contributed by atoms with Crippen molar-refractivity contribution in [1.29, 1.82) is 0 Å². The SMILES string of the molecule is CC/C=C/C/C=C/C/C=C/C/C=C/C/C=C/C/C=C/CCC(=O)Nc1cccc(CC(=O)O)c1. The summed E-state index contributed by atoms with van der Waals surface area (Å²) >= 11 is 0. The van der Waals surface area contributed by atoms with Crippen LogP contribution in [0.5, 0.6) is 0 Å². The number of carboxylic acid groups (broad SMARTS) is 1. The maximum atomic E-state index is 12.0. The zero-order chi connectivity index (χ0) is 24.7. The number of benzene rings is 1. The Hall–Kier alpha value is -3.40. The van der Waals surface area contributed by atoms with Crippen molar-refractivity contribution in [2.75, 3.05) is 5.32 Å². The van der Waals surface area contributed by atoms with Crippen LogP contribution in [0.3, 0.4) is 0 Å². The number of amides is 1. The monoisotopic (exact) mass is 461 g/mol. The zero-order valence-corrected chi connectivity index (χ0v) is 20.4. The van der Waals surface area contributed by atoms with Crippen molar-refractivity contribution < 1.29 is 14.7 Å². The van der Waals surface area contributed by atoms with E-state index in [1.807, 2.05) is 6.08 Å². The number of carbonyl (C=O) groups is 2. The molecule has 4 nitrogen and oxygen atoms in total. The summed E-state index contributed by atoms with van der Waals surface area (Å²) in [7, 11) is 0. The van der Waals surface area contributed by atoms with E-state index in [0.717, 1.165) is 38.5 Å². The number of carboxylic acids is 1. The molecular weight excluding hydrogens is 422 g/mol. The van der Waals surface area contributed by atoms with Gasteiger partial charge in [0.2, 0.25) is 5.91 Å². The average Bonchev–Trinajstić information content (AvgIpc) is 2.80. The van der Waals surface area contributed by atoms with Gasteiger partial charge in [-0.3, -0.25) is 9.59 Å². The van der Waals surface area contributed by atoms with Crippen LogP contribution in [0.4, 0.5) is 5.69 Å². The minimum atomic E-state index is -0.888. The van der Waals surface area contributed by atoms with Crippen LogP contribution in [0.15, 0.2) is 97.2 Å². The van der Waals surface area contributed by atoms with Crippen molar-refractivity contribution in [2.24, 2.45) is 0 Å². The first-order chi connectivity index (χ1) is 16.6. The van der Waals surface area contributed by atoms with Gasteiger partial charge in [-0.05, 0) is 62.6 Å². The number of aliphatic carboxylic acids is 1. The van der Waals surface area contributed by atoms with Crippen LogP contribution in [-0.4, -0.2) is 17.0 Å². The van der Waals surface area contributed by atoms with Crippen LogP contribution in [0.1, 0.15) is 63.9 Å². The molecule has 0 unspecified atom stereocenters. The molecule has 2 N–H and O–H groups in total. The summed E-state index contributed by atoms with van der Waals surface area (Å²) in [6, 6.07) is 6.95. The van der Waals surface area contributed by atoms with Gasteiger partial charge in [-0.1, -0.05) is 92.0 Å². The first kappa shape index (κ1) is 28.6. The zero-order valence-electron chi connectivity index (χ0n) is 20.4. The second kappa shape index (κ2) is 20.2. The molecule has 0 spiro atoms. The van der Waals surface area contributed by atoms with Crippen molar-refractivity contribution in [1.82, 2.24) is 0 Å². The molecule has 0 radical (unpaired) electrons. The van der Waals surface area contributed by atoms with Crippen molar-refractivity contribution in [3.63, 3.8) is 0 Å². The van der Waals surface area contributed by atoms with E-state index in [2.05, 4.69) is 79.1 Å². The largest absolute Gasteiger partial charge is 0.481 e. The van der Waals surface area contributed by atoms with Gasteiger partial charge in [-0.25, -0.2) is 0 Å². The van der Waals surface area contributed by atoms with E-state index in [4.69, 9.17) is 5.11 Å². The quantitative estimate of drug-likeness (QED) is 0.233. The topological polar surface area (TPSA) is 66.4 Å². The third-order valence-corrected chi connectivity index (χ3v) is 4.70. The van der Waals surface area contributed by atoms with Crippen LogP contribution < -0.4 is 5.32 Å². The molecule has 1 rings (SSSR count). The van der Waals surface area contributed by atoms with Gasteiger partial charge in [0, 0.05) is 12.1 Å². The van der Waals surface area contributed by atoms with Gasteiger partial charge in [0.15, 0.2) is 0 Å². The molecule has 0 fully saturated rings. The van der Waals surface area contributed by atoms with Crippen LogP contribution in [0.2, 0.25) is 0 Å². The second-order valence-electron chi connectivity index (χ2n) is 7.77. The molecule has 1 aromatic rings. The van der Waals surface area contributed by atoms with E-state index in [-0.39, 0.29) is 12.3 Å². The van der Waals surface area contributed by atoms with E-state index in [0.29, 0.717) is 24.1 Å². The normalized spacial score (nSPS) is 12.4. The number of anilines is 1. The summed E-state index contributed by atoms with van der Waals surface area (Å²) in [5.74, 6) is -0.965. The predicted octanol–water partition coefficient (Wildman–Crippen LogP) is 7.73. The number of carbonyl (C=O) groups excluding carboxylic acids is 1. The number of rotatable bonds is 17. The molecule has 4 heteroatoms. The van der Waals surface area contributed by atoms with Gasteiger partial charge < -0.3 is 10.4 Å². The minimum absolute atomic E-state index is 0.0533. The maximum Gasteiger partial charge on any atom is 0.307 e. The van der Waals surface area contributed by atoms with E-state index < -0.39 is 5.97 Å². The standard InChI is InChI=1S/C30H39NO3/c1-2-3-4-5-6-7-8-9-10-11-12-13-14-15-16-17-18-19-20-24-29(32)31-28-23-21-22-27(25-28)26-30(33)34/h3-4,6-7,9-10,12-13,15-16,18-19,21-23,25H,2,5,8,11,14,17,20,24,26H2,1H3,(H,31,32)(H,33,34)/b4-3+,7-6+,10-9+,13-12+,16-15+,19-18+. The predicted molar refractivity (Wildman–Crippen MR) is 144 cm³/mol. The summed E-state index contributed by atoms with van der Waals surface area (Å²) in [5, 5.41) is 11.7. The molecule has 0 aliphatic rings. The Labute approximate surface area is 205 Å². The molecule has 0 saturated carbocycles. The van der Waals surface area contributed by atoms with Crippen LogP contribution in [0.25, 0.3) is 0 Å². The van der Waals surface area contributed by atoms with Crippen LogP contribution in [0, 0.1) is 0 Å². The average molecular weight is 462 g/mol. The van der Waals surface area contributed by atoms with Crippen LogP contribution in [-0.2, 0) is 16.0 Å². The second-order valence-corrected chi connectivity index (χ2v) is 7.77. The molecular formula is C30H39NO3. The Morgan fingerprint density at radius 1 is 0.765 bits per heavy atom. The molecule has 0 atom stereocenters. The fourth-order valence-electron chi connectivity index (χ4n) is 3.01. The highest BCUT2D eigenvalue weighted by Gasteiger charge is 2.04. The molecule has 0 heterocycles. The van der Waals surface area contributed by atoms with E-state index in [9.17, 15) is 9.59 Å². The lowest BCUT2D eigenvalue weighted by molar-refractivity contribution is -0.136. The highest BCUT2D eigenvalue weighted by molar-refractivity contribution is 5.90. The Bertz CT molecular complexity index is 888. The van der Waals surface area contributed by atoms with Gasteiger partial charge in [0.1, 0.15) is 0 Å². The summed E-state index contributed by atoms with van der Waals surface area (Å²) in [6.45, 7) is 2.15. The van der Waals surface area contributed by atoms with Gasteiger partial charge in [0.25, 0.3) is 0 Å². The lowest BCUT2D eigenvalue weighted by Crippen LogP contribution is -2.11. The van der Waals surface area contributed by atoms with Crippen molar-refractivity contribution in [2.45, 2.75) is 64.7 Å². The Kier molecular flexibility index (Phi) is 17.0. The summed E-state index contributed by atoms with van der Waals surface area (Å²) in [5.41, 5.74) is 1.30. The van der Waals surface area contributed by atoms with E-state index in [1.54, 1.807) is 24.3 Å². The fourth-order valence-corrected chi connectivity index (χ4v) is 3.01. The van der Waals surface area contributed by atoms with Crippen LogP contribution >= 0.6 is 0 Å². The lowest BCUT2D eigenvalue weighted by atomic mass is 10.1. The molecule has 0 saturated heterocycles. The maximum absolute atomic E-state index is 12.0. The van der Waals surface area contributed by atoms with Gasteiger partial charge in [0.05, 0.1) is 6.42 Å². The molecule has 182 valence electrons. The summed E-state index contributed by atoms with van der Waals surface area (Å²) in [4.78, 5) is 22.8. The number of allylic oxidation sites excluding steroid dienone is 12. The van der Waals surface area contributed by atoms with E-state index >= 15 is 0 Å². The molecule has 34 heavy (non-hydrogen) atoms. The number of hydrogen-bond donors (Lipinski definition) is 2. The first-order valence-electron chi connectivity index (χ1n) is 12.1. The third kappa shape index (κ3) is 17.2. The third-order valence-electron chi connectivity index (χ3n) is 4.70. The van der Waals surface area contributed by atoms with Gasteiger partial charge >= 0.3 is 5.97 Å². The molecule has 0 aromatic heterocycles. The highest BCUT2D eigenvalue weighted by Crippen LogP contribution is 2.12. The van der Waals surface area contributed by atoms with Crippen molar-refractivity contribution in [3.8, 4) is 0 Å². The van der Waals surface area contributed by atoms with Gasteiger partial charge in [-0.2, -0.15) is 0 Å². The first-order valence-corrected chi connectivity index (χ1v) is 12.1. The molecule has 0 aliphatic heterocycles. The van der Waals surface area contributed by atoms with Crippen molar-refractivity contribution in [3.05, 3.63) is 103 Å². The number of nitrogens with one attached hydrogen (secondary N) is 1. The number of hydrogen-bond acceptors (Lipinski definition) is 2. The summed E-state index contributed by atoms with van der Waals surface area (Å²) < 4.78 is 0.